The van der Waals surface area contributed by atoms with Crippen molar-refractivity contribution in [2.75, 3.05) is 46.4 Å². The molecule has 8 nitrogen and oxygen atoms in total. The number of amides is 1. The average molecular weight is 397 g/mol. The number of fused-ring (bicyclic) bond motifs is 1. The number of carbonyl (C=O) groups excluding carboxylic acids is 1. The Bertz CT molecular complexity index is 768. The second-order valence-corrected chi connectivity index (χ2v) is 8.63. The summed E-state index contributed by atoms with van der Waals surface area (Å²) in [5.41, 5.74) is 0. The quantitative estimate of drug-likeness (QED) is 0.699. The molecule has 9 heteroatoms. The minimum Gasteiger partial charge on any atom is -0.490 e. The van der Waals surface area contributed by atoms with Crippen LogP contribution in [0.5, 0.6) is 11.5 Å². The lowest BCUT2D eigenvalue weighted by atomic mass is 10.1. The zero-order valence-electron chi connectivity index (χ0n) is 15.6. The van der Waals surface area contributed by atoms with Gasteiger partial charge in [0.2, 0.25) is 15.9 Å². The zero-order chi connectivity index (χ0) is 19.3. The SMILES string of the molecule is CNCC1CCN(C(=O)CCNS(=O)(=O)c2ccc3c(c2)OCCCO3)C1. The van der Waals surface area contributed by atoms with Crippen LogP contribution in [0, 0.1) is 5.92 Å². The lowest BCUT2D eigenvalue weighted by molar-refractivity contribution is -0.130. The molecule has 1 atom stereocenters. The number of nitrogens with one attached hydrogen (secondary N) is 2. The number of nitrogens with zero attached hydrogens (tertiary/aromatic N) is 1. The number of sulfonamides is 1. The summed E-state index contributed by atoms with van der Waals surface area (Å²) in [6.45, 7) is 3.46. The second-order valence-electron chi connectivity index (χ2n) is 6.86. The van der Waals surface area contributed by atoms with E-state index in [0.29, 0.717) is 30.6 Å². The molecule has 0 aliphatic carbocycles. The first-order valence-corrected chi connectivity index (χ1v) is 10.8. The van der Waals surface area contributed by atoms with Gasteiger partial charge in [-0.1, -0.05) is 0 Å². The van der Waals surface area contributed by atoms with Gasteiger partial charge < -0.3 is 19.7 Å². The van der Waals surface area contributed by atoms with Gasteiger partial charge in [-0.2, -0.15) is 0 Å². The van der Waals surface area contributed by atoms with Crippen molar-refractivity contribution in [1.82, 2.24) is 14.9 Å². The van der Waals surface area contributed by atoms with E-state index in [9.17, 15) is 13.2 Å². The monoisotopic (exact) mass is 397 g/mol. The molecule has 0 radical (unpaired) electrons. The van der Waals surface area contributed by atoms with Crippen molar-refractivity contribution in [3.8, 4) is 11.5 Å². The van der Waals surface area contributed by atoms with Gasteiger partial charge >= 0.3 is 0 Å². The molecule has 1 fully saturated rings. The fraction of sp³-hybridized carbons (Fsp3) is 0.611. The van der Waals surface area contributed by atoms with Crippen LogP contribution in [0.15, 0.2) is 23.1 Å². The second kappa shape index (κ2) is 8.90. The molecule has 1 aromatic carbocycles. The molecule has 3 rings (SSSR count). The van der Waals surface area contributed by atoms with E-state index in [1.165, 1.54) is 12.1 Å². The Labute approximate surface area is 160 Å². The Hall–Kier alpha value is -1.84. The van der Waals surface area contributed by atoms with Crippen LogP contribution in [0.4, 0.5) is 0 Å². The van der Waals surface area contributed by atoms with Crippen molar-refractivity contribution in [2.45, 2.75) is 24.2 Å². The fourth-order valence-corrected chi connectivity index (χ4v) is 4.41. The Balaban J connectivity index is 1.53. The van der Waals surface area contributed by atoms with Crippen LogP contribution < -0.4 is 19.5 Å². The zero-order valence-corrected chi connectivity index (χ0v) is 16.4. The Kier molecular flexibility index (Phi) is 6.56. The van der Waals surface area contributed by atoms with Crippen molar-refractivity contribution >= 4 is 15.9 Å². The molecule has 2 aliphatic heterocycles. The summed E-state index contributed by atoms with van der Waals surface area (Å²) in [5, 5.41) is 3.13. The average Bonchev–Trinajstić information content (AvgIpc) is 2.98. The van der Waals surface area contributed by atoms with Gasteiger partial charge in [-0.25, -0.2) is 13.1 Å². The number of ether oxygens (including phenoxy) is 2. The van der Waals surface area contributed by atoms with Gasteiger partial charge in [0.1, 0.15) is 0 Å². The van der Waals surface area contributed by atoms with Gasteiger partial charge in [0.25, 0.3) is 0 Å². The lowest BCUT2D eigenvalue weighted by Gasteiger charge is -2.17. The largest absolute Gasteiger partial charge is 0.490 e. The summed E-state index contributed by atoms with van der Waals surface area (Å²) in [4.78, 5) is 14.2. The molecule has 27 heavy (non-hydrogen) atoms. The van der Waals surface area contributed by atoms with E-state index in [4.69, 9.17) is 9.47 Å². The van der Waals surface area contributed by atoms with E-state index in [0.717, 1.165) is 32.5 Å². The molecular formula is C18H27N3O5S. The van der Waals surface area contributed by atoms with Crippen LogP contribution in [0.1, 0.15) is 19.3 Å². The number of rotatable bonds is 7. The maximum Gasteiger partial charge on any atom is 0.240 e. The third kappa shape index (κ3) is 5.12. The fourth-order valence-electron chi connectivity index (χ4n) is 3.36. The highest BCUT2D eigenvalue weighted by molar-refractivity contribution is 7.89. The topological polar surface area (TPSA) is 97.0 Å². The molecule has 0 bridgehead atoms. The van der Waals surface area contributed by atoms with Crippen molar-refractivity contribution in [3.63, 3.8) is 0 Å². The lowest BCUT2D eigenvalue weighted by Crippen LogP contribution is -2.34. The molecule has 2 aliphatic rings. The predicted molar refractivity (Wildman–Crippen MR) is 100 cm³/mol. The summed E-state index contributed by atoms with van der Waals surface area (Å²) in [6.07, 6.45) is 1.88. The summed E-state index contributed by atoms with van der Waals surface area (Å²) in [7, 11) is -1.81. The standard InChI is InChI=1S/C18H27N3O5S/c1-19-12-14-6-8-21(13-14)18(22)5-7-20-27(23,24)15-3-4-16-17(11-15)26-10-2-9-25-16/h3-4,11,14,19-20H,2,5-10,12-13H2,1H3. The van der Waals surface area contributed by atoms with E-state index in [2.05, 4.69) is 10.0 Å². The maximum absolute atomic E-state index is 12.5. The van der Waals surface area contributed by atoms with Gasteiger partial charge in [0, 0.05) is 38.5 Å². The highest BCUT2D eigenvalue weighted by atomic mass is 32.2. The first-order valence-electron chi connectivity index (χ1n) is 9.31. The van der Waals surface area contributed by atoms with Crippen molar-refractivity contribution < 1.29 is 22.7 Å². The third-order valence-corrected chi connectivity index (χ3v) is 6.25. The van der Waals surface area contributed by atoms with E-state index in [1.54, 1.807) is 6.07 Å². The molecule has 1 saturated heterocycles. The summed E-state index contributed by atoms with van der Waals surface area (Å²) >= 11 is 0. The van der Waals surface area contributed by atoms with Gasteiger partial charge in [0.15, 0.2) is 11.5 Å². The predicted octanol–water partition coefficient (Wildman–Crippen LogP) is 0.584. The van der Waals surface area contributed by atoms with Crippen LogP contribution in [0.25, 0.3) is 0 Å². The van der Waals surface area contributed by atoms with Crippen LogP contribution in [0.2, 0.25) is 0 Å². The number of hydrogen-bond acceptors (Lipinski definition) is 6. The van der Waals surface area contributed by atoms with Crippen LogP contribution in [0.3, 0.4) is 0 Å². The number of carbonyl (C=O) groups is 1. The first-order chi connectivity index (χ1) is 13.0. The summed E-state index contributed by atoms with van der Waals surface area (Å²) < 4.78 is 38.6. The first kappa shape index (κ1) is 19.9. The smallest absolute Gasteiger partial charge is 0.240 e. The molecule has 2 heterocycles. The van der Waals surface area contributed by atoms with Crippen molar-refractivity contribution in [3.05, 3.63) is 18.2 Å². The normalized spacial score (nSPS) is 19.7. The van der Waals surface area contributed by atoms with Crippen molar-refractivity contribution in [1.29, 1.82) is 0 Å². The molecule has 0 saturated carbocycles. The minimum atomic E-state index is -3.71. The molecule has 0 aromatic heterocycles. The van der Waals surface area contributed by atoms with E-state index in [-0.39, 0.29) is 23.8 Å². The molecule has 1 aromatic rings. The summed E-state index contributed by atoms with van der Waals surface area (Å²) in [5.74, 6) is 1.43. The highest BCUT2D eigenvalue weighted by Gasteiger charge is 2.26. The van der Waals surface area contributed by atoms with E-state index in [1.807, 2.05) is 11.9 Å². The highest BCUT2D eigenvalue weighted by Crippen LogP contribution is 2.31. The van der Waals surface area contributed by atoms with E-state index < -0.39 is 10.0 Å². The van der Waals surface area contributed by atoms with Crippen LogP contribution >= 0.6 is 0 Å². The van der Waals surface area contributed by atoms with E-state index >= 15 is 0 Å². The Morgan fingerprint density at radius 2 is 2.04 bits per heavy atom. The van der Waals surface area contributed by atoms with Gasteiger partial charge in [-0.3, -0.25) is 4.79 Å². The van der Waals surface area contributed by atoms with Gasteiger partial charge in [-0.05, 0) is 38.1 Å². The summed E-state index contributed by atoms with van der Waals surface area (Å²) in [6, 6.07) is 4.56. The molecule has 1 amide bonds. The molecule has 2 N–H and O–H groups in total. The third-order valence-electron chi connectivity index (χ3n) is 4.79. The maximum atomic E-state index is 12.5. The molecule has 150 valence electrons. The number of hydrogen-bond donors (Lipinski definition) is 2. The van der Waals surface area contributed by atoms with Crippen LogP contribution in [-0.2, 0) is 14.8 Å². The Morgan fingerprint density at radius 1 is 1.26 bits per heavy atom. The minimum absolute atomic E-state index is 0.0186. The van der Waals surface area contributed by atoms with Gasteiger partial charge in [-0.15, -0.1) is 0 Å². The molecule has 1 unspecified atom stereocenters. The van der Waals surface area contributed by atoms with Gasteiger partial charge in [0.05, 0.1) is 18.1 Å². The van der Waals surface area contributed by atoms with Crippen LogP contribution in [-0.4, -0.2) is 65.7 Å². The Morgan fingerprint density at radius 3 is 2.81 bits per heavy atom. The molecule has 0 spiro atoms. The molecular weight excluding hydrogens is 370 g/mol. The number of benzene rings is 1. The number of likely N-dealkylation sites (tertiary alicyclic amines) is 1. The van der Waals surface area contributed by atoms with Crippen molar-refractivity contribution in [2.24, 2.45) is 5.92 Å².